The van der Waals surface area contributed by atoms with Crippen LogP contribution < -0.4 is 0 Å². The standard InChI is InChI=1S/C9H8N2S.HI/c10-9(12)7-5-11-8-4-2-1-3-6(7)8;/h1-5,11H,(H2,10,12);1H. The van der Waals surface area contributed by atoms with Crippen LogP contribution >= 0.6 is 36.6 Å². The molecule has 68 valence electrons. The molecule has 0 saturated carbocycles. The first-order valence-corrected chi connectivity index (χ1v) is 4.08. The van der Waals surface area contributed by atoms with E-state index in [-0.39, 0.29) is 24.0 Å². The summed E-state index contributed by atoms with van der Waals surface area (Å²) in [5.74, 6) is 0. The quantitative estimate of drug-likeness (QED) is 0.314. The van der Waals surface area contributed by atoms with Gasteiger partial charge in [0, 0.05) is 22.7 Å². The van der Waals surface area contributed by atoms with Gasteiger partial charge in [-0.15, -0.1) is 36.6 Å². The van der Waals surface area contributed by atoms with E-state index in [4.69, 9.17) is 5.41 Å². The number of thiol groups is 1. The third kappa shape index (κ3) is 1.88. The Balaban J connectivity index is 0.000000845. The second-order valence-electron chi connectivity index (χ2n) is 2.60. The summed E-state index contributed by atoms with van der Waals surface area (Å²) in [5.41, 5.74) is 1.90. The molecule has 0 unspecified atom stereocenters. The van der Waals surface area contributed by atoms with Crippen molar-refractivity contribution in [3.63, 3.8) is 0 Å². The predicted molar refractivity (Wildman–Crippen MR) is 69.5 cm³/mol. The van der Waals surface area contributed by atoms with Crippen molar-refractivity contribution in [2.45, 2.75) is 0 Å². The number of H-pyrrole nitrogens is 1. The topological polar surface area (TPSA) is 39.6 Å². The van der Waals surface area contributed by atoms with Crippen LogP contribution in [0.4, 0.5) is 0 Å². The SMILES string of the molecule is I.N=C(S)c1c[nH]c2ccccc12. The third-order valence-electron chi connectivity index (χ3n) is 1.84. The normalized spacial score (nSPS) is 9.62. The Bertz CT molecular complexity index is 436. The number of aromatic amines is 1. The highest BCUT2D eigenvalue weighted by atomic mass is 127. The minimum absolute atomic E-state index is 0. The van der Waals surface area contributed by atoms with Crippen LogP contribution in [0.3, 0.4) is 0 Å². The van der Waals surface area contributed by atoms with Crippen molar-refractivity contribution in [2.75, 3.05) is 0 Å². The van der Waals surface area contributed by atoms with E-state index in [0.717, 1.165) is 16.5 Å². The molecule has 1 aromatic carbocycles. The largest absolute Gasteiger partial charge is 0.360 e. The van der Waals surface area contributed by atoms with E-state index >= 15 is 0 Å². The molecule has 4 heteroatoms. The van der Waals surface area contributed by atoms with Crippen LogP contribution in [0, 0.1) is 5.41 Å². The molecule has 1 heterocycles. The van der Waals surface area contributed by atoms with Gasteiger partial charge in [0.15, 0.2) is 0 Å². The average Bonchev–Trinajstić information content (AvgIpc) is 2.47. The van der Waals surface area contributed by atoms with Gasteiger partial charge in [0.25, 0.3) is 0 Å². The highest BCUT2D eigenvalue weighted by Gasteiger charge is 2.03. The molecule has 0 aliphatic carbocycles. The van der Waals surface area contributed by atoms with E-state index in [2.05, 4.69) is 17.6 Å². The van der Waals surface area contributed by atoms with Gasteiger partial charge in [-0.05, 0) is 6.07 Å². The summed E-state index contributed by atoms with van der Waals surface area (Å²) in [7, 11) is 0. The molecule has 13 heavy (non-hydrogen) atoms. The van der Waals surface area contributed by atoms with E-state index in [1.54, 1.807) is 6.20 Å². The van der Waals surface area contributed by atoms with Crippen LogP contribution in [0.15, 0.2) is 30.5 Å². The smallest absolute Gasteiger partial charge is 0.0933 e. The maximum absolute atomic E-state index is 7.38. The summed E-state index contributed by atoms with van der Waals surface area (Å²) >= 11 is 3.99. The number of para-hydroxylation sites is 1. The summed E-state index contributed by atoms with van der Waals surface area (Å²) in [5, 5.41) is 8.73. The van der Waals surface area contributed by atoms with E-state index < -0.39 is 0 Å². The van der Waals surface area contributed by atoms with Gasteiger partial charge < -0.3 is 4.98 Å². The number of aromatic nitrogens is 1. The van der Waals surface area contributed by atoms with Crippen LogP contribution in [0.25, 0.3) is 10.9 Å². The van der Waals surface area contributed by atoms with E-state index in [0.29, 0.717) is 5.04 Å². The molecule has 0 saturated heterocycles. The summed E-state index contributed by atoms with van der Waals surface area (Å²) in [6, 6.07) is 7.88. The van der Waals surface area contributed by atoms with Crippen molar-refractivity contribution in [3.8, 4) is 0 Å². The maximum atomic E-state index is 7.38. The van der Waals surface area contributed by atoms with Gasteiger partial charge in [-0.1, -0.05) is 18.2 Å². The molecule has 0 radical (unpaired) electrons. The molecule has 2 rings (SSSR count). The molecule has 2 N–H and O–H groups in total. The Morgan fingerprint density at radius 2 is 2.00 bits per heavy atom. The lowest BCUT2D eigenvalue weighted by Gasteiger charge is -1.92. The van der Waals surface area contributed by atoms with Crippen LogP contribution in [0.1, 0.15) is 5.56 Å². The molecule has 0 atom stereocenters. The molecular formula is C9H9IN2S. The zero-order valence-electron chi connectivity index (χ0n) is 6.74. The van der Waals surface area contributed by atoms with E-state index in [9.17, 15) is 0 Å². The summed E-state index contributed by atoms with van der Waals surface area (Å²) < 4.78 is 0. The van der Waals surface area contributed by atoms with Gasteiger partial charge in [0.05, 0.1) is 5.04 Å². The zero-order valence-corrected chi connectivity index (χ0v) is 9.97. The van der Waals surface area contributed by atoms with Crippen LogP contribution in [-0.2, 0) is 0 Å². The van der Waals surface area contributed by atoms with Crippen molar-refractivity contribution >= 4 is 52.6 Å². The number of fused-ring (bicyclic) bond motifs is 1. The van der Waals surface area contributed by atoms with Crippen molar-refractivity contribution < 1.29 is 0 Å². The summed E-state index contributed by atoms with van der Waals surface area (Å²) in [4.78, 5) is 3.08. The zero-order chi connectivity index (χ0) is 8.55. The van der Waals surface area contributed by atoms with Crippen molar-refractivity contribution in [2.24, 2.45) is 0 Å². The number of benzene rings is 1. The van der Waals surface area contributed by atoms with Gasteiger partial charge in [0.1, 0.15) is 0 Å². The Kier molecular flexibility index (Phi) is 3.38. The van der Waals surface area contributed by atoms with E-state index in [1.165, 1.54) is 0 Å². The molecule has 2 nitrogen and oxygen atoms in total. The average molecular weight is 304 g/mol. The van der Waals surface area contributed by atoms with Crippen molar-refractivity contribution in [1.29, 1.82) is 5.41 Å². The fourth-order valence-corrected chi connectivity index (χ4v) is 1.45. The lowest BCUT2D eigenvalue weighted by molar-refractivity contribution is 1.46. The Morgan fingerprint density at radius 1 is 1.31 bits per heavy atom. The molecule has 0 aliphatic rings. The number of nitrogens with one attached hydrogen (secondary N) is 2. The van der Waals surface area contributed by atoms with Crippen LogP contribution in [0.2, 0.25) is 0 Å². The minimum atomic E-state index is 0. The molecule has 0 aliphatic heterocycles. The third-order valence-corrected chi connectivity index (χ3v) is 2.09. The second kappa shape index (κ2) is 4.15. The fraction of sp³-hybridized carbons (Fsp3) is 0. The van der Waals surface area contributed by atoms with Gasteiger partial charge in [-0.3, -0.25) is 5.41 Å². The van der Waals surface area contributed by atoms with Crippen molar-refractivity contribution in [3.05, 3.63) is 36.0 Å². The molecule has 2 aromatic rings. The highest BCUT2D eigenvalue weighted by Crippen LogP contribution is 2.18. The minimum Gasteiger partial charge on any atom is -0.360 e. The lowest BCUT2D eigenvalue weighted by Crippen LogP contribution is -1.84. The molecular weight excluding hydrogens is 295 g/mol. The van der Waals surface area contributed by atoms with Gasteiger partial charge in [-0.2, -0.15) is 0 Å². The fourth-order valence-electron chi connectivity index (χ4n) is 1.27. The summed E-state index contributed by atoms with van der Waals surface area (Å²) in [6.45, 7) is 0. The highest BCUT2D eigenvalue weighted by molar-refractivity contribution is 14.0. The van der Waals surface area contributed by atoms with Gasteiger partial charge in [0.2, 0.25) is 0 Å². The maximum Gasteiger partial charge on any atom is 0.0933 e. The number of hydrogen-bond acceptors (Lipinski definition) is 1. The first-order chi connectivity index (χ1) is 5.79. The van der Waals surface area contributed by atoms with Gasteiger partial charge >= 0.3 is 0 Å². The van der Waals surface area contributed by atoms with Crippen LogP contribution in [0.5, 0.6) is 0 Å². The number of rotatable bonds is 1. The second-order valence-corrected chi connectivity index (χ2v) is 3.04. The molecule has 0 bridgehead atoms. The van der Waals surface area contributed by atoms with Crippen LogP contribution in [-0.4, -0.2) is 10.0 Å². The number of hydrogen-bond donors (Lipinski definition) is 3. The first-order valence-electron chi connectivity index (χ1n) is 3.63. The molecule has 0 amide bonds. The van der Waals surface area contributed by atoms with Crippen molar-refractivity contribution in [1.82, 2.24) is 4.98 Å². The molecule has 0 spiro atoms. The van der Waals surface area contributed by atoms with Gasteiger partial charge in [-0.25, -0.2) is 0 Å². The van der Waals surface area contributed by atoms with E-state index in [1.807, 2.05) is 24.3 Å². The lowest BCUT2D eigenvalue weighted by atomic mass is 10.2. The predicted octanol–water partition coefficient (Wildman–Crippen LogP) is 3.04. The number of halogens is 1. The monoisotopic (exact) mass is 304 g/mol. The molecule has 0 fully saturated rings. The Morgan fingerprint density at radius 3 is 2.69 bits per heavy atom. The Labute approximate surface area is 98.7 Å². The summed E-state index contributed by atoms with van der Waals surface area (Å²) in [6.07, 6.45) is 1.81. The first kappa shape index (κ1) is 10.6. The Hall–Kier alpha value is -0.490. The molecule has 1 aromatic heterocycles.